The van der Waals surface area contributed by atoms with Crippen LogP contribution in [0.3, 0.4) is 0 Å². The molecule has 3 rings (SSSR count). The molecule has 0 amide bonds. The number of nitro groups is 1. The van der Waals surface area contributed by atoms with Crippen molar-refractivity contribution in [2.24, 2.45) is 0 Å². The van der Waals surface area contributed by atoms with Gasteiger partial charge in [0.2, 0.25) is 0 Å². The molecule has 0 unspecified atom stereocenters. The Morgan fingerprint density at radius 2 is 1.88 bits per heavy atom. The van der Waals surface area contributed by atoms with Gasteiger partial charge in [-0.05, 0) is 24.3 Å². The first-order valence-corrected chi connectivity index (χ1v) is 9.30. The van der Waals surface area contributed by atoms with E-state index in [2.05, 4.69) is 9.71 Å². The van der Waals surface area contributed by atoms with E-state index in [1.807, 2.05) is 0 Å². The number of nitrogens with one attached hydrogen (secondary N) is 1. The van der Waals surface area contributed by atoms with Crippen LogP contribution in [0.25, 0.3) is 11.3 Å². The summed E-state index contributed by atoms with van der Waals surface area (Å²) in [7, 11) is -3.79. The summed E-state index contributed by atoms with van der Waals surface area (Å²) in [6.07, 6.45) is 0. The molecule has 3 N–H and O–H groups in total. The Hall–Kier alpha value is -2.98. The summed E-state index contributed by atoms with van der Waals surface area (Å²) in [5.41, 5.74) is 6.93. The number of sulfonamides is 1. The number of benzene rings is 2. The van der Waals surface area contributed by atoms with Crippen molar-refractivity contribution in [3.8, 4) is 11.3 Å². The van der Waals surface area contributed by atoms with Gasteiger partial charge < -0.3 is 5.73 Å². The van der Waals surface area contributed by atoms with Crippen LogP contribution in [0.2, 0.25) is 0 Å². The maximum atomic E-state index is 12.3. The summed E-state index contributed by atoms with van der Waals surface area (Å²) >= 11 is 1.09. The number of nitrogens with two attached hydrogens (primary N) is 1. The molecule has 25 heavy (non-hydrogen) atoms. The summed E-state index contributed by atoms with van der Waals surface area (Å²) in [5.74, 6) is 0. The molecule has 0 saturated carbocycles. The first kappa shape index (κ1) is 16.9. The SMILES string of the molecule is Nc1ccc(S(=O)(=O)Nc2nc(-c3cccc([N+](=O)[O-])c3)cs2)cc1. The minimum Gasteiger partial charge on any atom is -0.399 e. The Morgan fingerprint density at radius 3 is 2.56 bits per heavy atom. The number of hydrogen-bond donors (Lipinski definition) is 2. The minimum absolute atomic E-state index is 0.0606. The molecular formula is C15H12N4O4S2. The fraction of sp³-hybridized carbons (Fsp3) is 0. The summed E-state index contributed by atoms with van der Waals surface area (Å²) in [4.78, 5) is 14.6. The quantitative estimate of drug-likeness (QED) is 0.400. The first-order chi connectivity index (χ1) is 11.8. The van der Waals surface area contributed by atoms with Crippen molar-refractivity contribution in [3.05, 3.63) is 64.0 Å². The standard InChI is InChI=1S/C15H12N4O4S2/c16-11-4-6-13(7-5-11)25(22,23)18-15-17-14(9-24-15)10-2-1-3-12(8-10)19(20)21/h1-9H,16H2,(H,17,18). The van der Waals surface area contributed by atoms with E-state index >= 15 is 0 Å². The van der Waals surface area contributed by atoms with E-state index in [9.17, 15) is 18.5 Å². The minimum atomic E-state index is -3.79. The van der Waals surface area contributed by atoms with Crippen molar-refractivity contribution in [2.45, 2.75) is 4.90 Å². The molecule has 0 aliphatic carbocycles. The van der Waals surface area contributed by atoms with Gasteiger partial charge in [-0.1, -0.05) is 12.1 Å². The van der Waals surface area contributed by atoms with Crippen molar-refractivity contribution in [1.82, 2.24) is 4.98 Å². The molecule has 0 aliphatic heterocycles. The number of rotatable bonds is 5. The van der Waals surface area contributed by atoms with Crippen LogP contribution in [-0.4, -0.2) is 18.3 Å². The lowest BCUT2D eigenvalue weighted by molar-refractivity contribution is -0.384. The van der Waals surface area contributed by atoms with Gasteiger partial charge in [0.1, 0.15) is 0 Å². The lowest BCUT2D eigenvalue weighted by atomic mass is 10.1. The summed E-state index contributed by atoms with van der Waals surface area (Å²) in [5, 5.41) is 12.6. The summed E-state index contributed by atoms with van der Waals surface area (Å²) in [6.45, 7) is 0. The molecule has 128 valence electrons. The third kappa shape index (κ3) is 3.75. The first-order valence-electron chi connectivity index (χ1n) is 6.94. The number of anilines is 2. The fourth-order valence-corrected chi connectivity index (χ4v) is 4.03. The smallest absolute Gasteiger partial charge is 0.270 e. The number of thiazole rings is 1. The van der Waals surface area contributed by atoms with E-state index < -0.39 is 14.9 Å². The Bertz CT molecular complexity index is 1030. The number of nitrogen functional groups attached to an aromatic ring is 1. The molecule has 0 bridgehead atoms. The Morgan fingerprint density at radius 1 is 1.16 bits per heavy atom. The van der Waals surface area contributed by atoms with Crippen LogP contribution in [0.1, 0.15) is 0 Å². The van der Waals surface area contributed by atoms with Crippen molar-refractivity contribution >= 4 is 37.9 Å². The van der Waals surface area contributed by atoms with Crippen LogP contribution in [0.15, 0.2) is 58.8 Å². The van der Waals surface area contributed by atoms with Crippen LogP contribution < -0.4 is 10.5 Å². The topological polar surface area (TPSA) is 128 Å². The highest BCUT2D eigenvalue weighted by Crippen LogP contribution is 2.28. The molecule has 0 aliphatic rings. The Kier molecular flexibility index (Phi) is 4.38. The van der Waals surface area contributed by atoms with Gasteiger partial charge in [0.25, 0.3) is 15.7 Å². The van der Waals surface area contributed by atoms with Crippen molar-refractivity contribution in [2.75, 3.05) is 10.5 Å². The van der Waals surface area contributed by atoms with Gasteiger partial charge in [0.15, 0.2) is 5.13 Å². The predicted molar refractivity (Wildman–Crippen MR) is 95.9 cm³/mol. The van der Waals surface area contributed by atoms with Gasteiger partial charge in [-0.2, -0.15) is 0 Å². The van der Waals surface area contributed by atoms with E-state index in [1.54, 1.807) is 17.5 Å². The third-order valence-electron chi connectivity index (χ3n) is 3.27. The highest BCUT2D eigenvalue weighted by molar-refractivity contribution is 7.93. The molecule has 8 nitrogen and oxygen atoms in total. The number of non-ortho nitro benzene ring substituents is 1. The highest BCUT2D eigenvalue weighted by atomic mass is 32.2. The van der Waals surface area contributed by atoms with Crippen LogP contribution in [0.5, 0.6) is 0 Å². The molecule has 0 spiro atoms. The fourth-order valence-electron chi connectivity index (χ4n) is 2.05. The molecule has 2 aromatic carbocycles. The molecule has 0 fully saturated rings. The van der Waals surface area contributed by atoms with Gasteiger partial charge in [0.05, 0.1) is 15.5 Å². The molecule has 0 saturated heterocycles. The van der Waals surface area contributed by atoms with Gasteiger partial charge >= 0.3 is 0 Å². The maximum Gasteiger partial charge on any atom is 0.270 e. The van der Waals surface area contributed by atoms with E-state index in [0.29, 0.717) is 16.9 Å². The van der Waals surface area contributed by atoms with Crippen LogP contribution in [0.4, 0.5) is 16.5 Å². The average molecular weight is 376 g/mol. The summed E-state index contributed by atoms with van der Waals surface area (Å²) in [6, 6.07) is 11.7. The number of hydrogen-bond acceptors (Lipinski definition) is 7. The molecule has 3 aromatic rings. The van der Waals surface area contributed by atoms with Gasteiger partial charge in [-0.15, -0.1) is 11.3 Å². The van der Waals surface area contributed by atoms with E-state index in [0.717, 1.165) is 11.3 Å². The van der Waals surface area contributed by atoms with E-state index in [4.69, 9.17) is 5.73 Å². The number of aromatic nitrogens is 1. The maximum absolute atomic E-state index is 12.3. The van der Waals surface area contributed by atoms with Crippen molar-refractivity contribution in [3.63, 3.8) is 0 Å². The molecule has 1 heterocycles. The molecule has 10 heteroatoms. The lowest BCUT2D eigenvalue weighted by Crippen LogP contribution is -2.12. The molecule has 0 atom stereocenters. The molecule has 0 radical (unpaired) electrons. The second-order valence-corrected chi connectivity index (χ2v) is 7.56. The number of nitrogens with zero attached hydrogens (tertiary/aromatic N) is 2. The number of nitro benzene ring substituents is 1. The molecular weight excluding hydrogens is 364 g/mol. The van der Waals surface area contributed by atoms with Crippen LogP contribution in [0, 0.1) is 10.1 Å². The monoisotopic (exact) mass is 376 g/mol. The third-order valence-corrected chi connectivity index (χ3v) is 5.51. The van der Waals surface area contributed by atoms with Gasteiger partial charge in [-0.25, -0.2) is 13.4 Å². The highest BCUT2D eigenvalue weighted by Gasteiger charge is 2.17. The second-order valence-electron chi connectivity index (χ2n) is 5.02. The second kappa shape index (κ2) is 6.49. The lowest BCUT2D eigenvalue weighted by Gasteiger charge is -2.05. The van der Waals surface area contributed by atoms with Gasteiger partial charge in [-0.3, -0.25) is 14.8 Å². The zero-order chi connectivity index (χ0) is 18.0. The summed E-state index contributed by atoms with van der Waals surface area (Å²) < 4.78 is 27.0. The van der Waals surface area contributed by atoms with Crippen molar-refractivity contribution in [1.29, 1.82) is 0 Å². The average Bonchev–Trinajstić information content (AvgIpc) is 3.03. The van der Waals surface area contributed by atoms with Crippen molar-refractivity contribution < 1.29 is 13.3 Å². The van der Waals surface area contributed by atoms with E-state index in [-0.39, 0.29) is 15.7 Å². The van der Waals surface area contributed by atoms with E-state index in [1.165, 1.54) is 36.4 Å². The molecule has 1 aromatic heterocycles. The normalized spacial score (nSPS) is 11.2. The Balaban J connectivity index is 1.85. The van der Waals surface area contributed by atoms with Crippen LogP contribution in [-0.2, 0) is 10.0 Å². The predicted octanol–water partition coefficient (Wildman–Crippen LogP) is 3.10. The Labute approximate surface area is 147 Å². The van der Waals surface area contributed by atoms with Crippen LogP contribution >= 0.6 is 11.3 Å². The zero-order valence-electron chi connectivity index (χ0n) is 12.6. The zero-order valence-corrected chi connectivity index (χ0v) is 14.3. The largest absolute Gasteiger partial charge is 0.399 e. The van der Waals surface area contributed by atoms with Gasteiger partial charge in [0, 0.05) is 28.8 Å².